The monoisotopic (exact) mass is 306 g/mol. The second kappa shape index (κ2) is 7.10. The Hall–Kier alpha value is -2.81. The number of thiazole rings is 1. The number of oxime groups is 1. The lowest BCUT2D eigenvalue weighted by molar-refractivity contribution is -0.129. The summed E-state index contributed by atoms with van der Waals surface area (Å²) in [5.74, 6) is -1.27. The van der Waals surface area contributed by atoms with Crippen molar-refractivity contribution < 1.29 is 19.5 Å². The summed E-state index contributed by atoms with van der Waals surface area (Å²) in [6, 6.07) is 3.51. The summed E-state index contributed by atoms with van der Waals surface area (Å²) in [6.45, 7) is 0.0915. The summed E-state index contributed by atoms with van der Waals surface area (Å²) < 4.78 is 0. The molecule has 0 aliphatic heterocycles. The molecule has 2 aromatic heterocycles. The van der Waals surface area contributed by atoms with Crippen LogP contribution in [-0.2, 0) is 21.0 Å². The van der Waals surface area contributed by atoms with E-state index in [0.29, 0.717) is 6.41 Å². The largest absolute Gasteiger partial charge is 0.476 e. The fourth-order valence-corrected chi connectivity index (χ4v) is 2.00. The van der Waals surface area contributed by atoms with Crippen molar-refractivity contribution >= 4 is 34.6 Å². The van der Waals surface area contributed by atoms with Gasteiger partial charge in [0.15, 0.2) is 5.13 Å². The standard InChI is InChI=1S/C12H10N4O4S/c17-7-14-12-15-9(6-21-12)10(11(18)19)16-20-5-8-2-1-3-13-4-8/h1-4,6-7H,5H2,(H,18,19)(H,14,15,17). The number of amides is 1. The zero-order valence-corrected chi connectivity index (χ0v) is 11.4. The molecule has 8 nitrogen and oxygen atoms in total. The molecule has 0 atom stereocenters. The maximum atomic E-state index is 11.2. The lowest BCUT2D eigenvalue weighted by atomic mass is 10.3. The molecule has 0 fully saturated rings. The van der Waals surface area contributed by atoms with Crippen LogP contribution in [0.25, 0.3) is 0 Å². The van der Waals surface area contributed by atoms with Crippen molar-refractivity contribution in [3.05, 3.63) is 41.2 Å². The zero-order valence-electron chi connectivity index (χ0n) is 10.6. The molecular formula is C12H10N4O4S. The van der Waals surface area contributed by atoms with E-state index >= 15 is 0 Å². The van der Waals surface area contributed by atoms with E-state index in [1.165, 1.54) is 5.38 Å². The molecule has 0 aromatic carbocycles. The van der Waals surface area contributed by atoms with Crippen LogP contribution < -0.4 is 5.32 Å². The number of anilines is 1. The van der Waals surface area contributed by atoms with Crippen LogP contribution in [0.4, 0.5) is 5.13 Å². The molecule has 108 valence electrons. The molecule has 2 aromatic rings. The molecule has 21 heavy (non-hydrogen) atoms. The number of carboxylic acid groups (broad SMARTS) is 1. The third-order valence-corrected chi connectivity index (χ3v) is 3.02. The molecule has 2 heterocycles. The number of aliphatic carboxylic acids is 1. The minimum Gasteiger partial charge on any atom is -0.476 e. The fraction of sp³-hybridized carbons (Fsp3) is 0.0833. The van der Waals surface area contributed by atoms with Gasteiger partial charge in [0.25, 0.3) is 0 Å². The van der Waals surface area contributed by atoms with Gasteiger partial charge in [0.2, 0.25) is 12.1 Å². The first-order valence-corrected chi connectivity index (χ1v) is 6.57. The number of nitrogens with zero attached hydrogens (tertiary/aromatic N) is 3. The van der Waals surface area contributed by atoms with Crippen LogP contribution >= 0.6 is 11.3 Å². The maximum absolute atomic E-state index is 11.2. The Kier molecular flexibility index (Phi) is 4.94. The second-order valence-electron chi connectivity index (χ2n) is 3.68. The Bertz CT molecular complexity index is 656. The van der Waals surface area contributed by atoms with Crippen LogP contribution in [-0.4, -0.2) is 33.2 Å². The van der Waals surface area contributed by atoms with E-state index in [4.69, 9.17) is 9.94 Å². The molecule has 0 saturated carbocycles. The summed E-state index contributed by atoms with van der Waals surface area (Å²) >= 11 is 1.09. The average Bonchev–Trinajstić information content (AvgIpc) is 2.93. The van der Waals surface area contributed by atoms with E-state index < -0.39 is 5.97 Å². The van der Waals surface area contributed by atoms with E-state index in [1.807, 2.05) is 0 Å². The summed E-state index contributed by atoms with van der Waals surface area (Å²) in [4.78, 5) is 34.3. The third kappa shape index (κ3) is 4.08. The van der Waals surface area contributed by atoms with Crippen LogP contribution in [0.1, 0.15) is 11.3 Å². The topological polar surface area (TPSA) is 114 Å². The van der Waals surface area contributed by atoms with Crippen LogP contribution in [0.15, 0.2) is 35.1 Å². The lowest BCUT2D eigenvalue weighted by Crippen LogP contribution is -2.15. The van der Waals surface area contributed by atoms with Crippen molar-refractivity contribution in [2.75, 3.05) is 5.32 Å². The molecule has 0 bridgehead atoms. The van der Waals surface area contributed by atoms with E-state index in [9.17, 15) is 9.59 Å². The van der Waals surface area contributed by atoms with Crippen molar-refractivity contribution in [2.24, 2.45) is 5.16 Å². The van der Waals surface area contributed by atoms with Crippen molar-refractivity contribution in [3.63, 3.8) is 0 Å². The number of hydrogen-bond donors (Lipinski definition) is 2. The van der Waals surface area contributed by atoms with Gasteiger partial charge in [-0.05, 0) is 6.07 Å². The van der Waals surface area contributed by atoms with Gasteiger partial charge in [-0.15, -0.1) is 11.3 Å². The third-order valence-electron chi connectivity index (χ3n) is 2.24. The van der Waals surface area contributed by atoms with E-state index in [1.54, 1.807) is 24.5 Å². The molecule has 0 spiro atoms. The highest BCUT2D eigenvalue weighted by atomic mass is 32.1. The van der Waals surface area contributed by atoms with Crippen LogP contribution in [0.3, 0.4) is 0 Å². The SMILES string of the molecule is O=CNc1nc(C(=NOCc2cccnc2)C(=O)O)cs1. The second-order valence-corrected chi connectivity index (χ2v) is 4.54. The molecule has 0 radical (unpaired) electrons. The van der Waals surface area contributed by atoms with Crippen LogP contribution in [0.5, 0.6) is 0 Å². The Morgan fingerprint density at radius 1 is 1.57 bits per heavy atom. The number of carbonyl (C=O) groups is 2. The molecule has 0 aliphatic rings. The molecule has 2 N–H and O–H groups in total. The van der Waals surface area contributed by atoms with E-state index in [-0.39, 0.29) is 23.1 Å². The van der Waals surface area contributed by atoms with Crippen molar-refractivity contribution in [1.29, 1.82) is 0 Å². The Morgan fingerprint density at radius 3 is 3.10 bits per heavy atom. The van der Waals surface area contributed by atoms with Crippen molar-refractivity contribution in [1.82, 2.24) is 9.97 Å². The zero-order chi connectivity index (χ0) is 15.1. The van der Waals surface area contributed by atoms with Gasteiger partial charge in [-0.2, -0.15) is 0 Å². The maximum Gasteiger partial charge on any atom is 0.360 e. The van der Waals surface area contributed by atoms with Gasteiger partial charge in [-0.3, -0.25) is 9.78 Å². The van der Waals surface area contributed by atoms with E-state index in [0.717, 1.165) is 16.9 Å². The van der Waals surface area contributed by atoms with Gasteiger partial charge in [0.05, 0.1) is 0 Å². The molecule has 1 amide bonds. The van der Waals surface area contributed by atoms with Gasteiger partial charge in [-0.25, -0.2) is 9.78 Å². The molecule has 9 heteroatoms. The number of pyridine rings is 1. The summed E-state index contributed by atoms with van der Waals surface area (Å²) in [5.41, 5.74) is 0.532. The minimum absolute atomic E-state index is 0.0915. The summed E-state index contributed by atoms with van der Waals surface area (Å²) in [6.07, 6.45) is 3.66. The average molecular weight is 306 g/mol. The van der Waals surface area contributed by atoms with E-state index in [2.05, 4.69) is 20.4 Å². The summed E-state index contributed by atoms with van der Waals surface area (Å²) in [7, 11) is 0. The van der Waals surface area contributed by atoms with Crippen LogP contribution in [0, 0.1) is 0 Å². The van der Waals surface area contributed by atoms with Gasteiger partial charge >= 0.3 is 5.97 Å². The quantitative estimate of drug-likeness (QED) is 0.450. The predicted molar refractivity (Wildman–Crippen MR) is 75.0 cm³/mol. The molecule has 0 saturated heterocycles. The van der Waals surface area contributed by atoms with Gasteiger partial charge < -0.3 is 15.3 Å². The number of hydrogen-bond acceptors (Lipinski definition) is 7. The van der Waals surface area contributed by atoms with Crippen LogP contribution in [0.2, 0.25) is 0 Å². The molecule has 2 rings (SSSR count). The minimum atomic E-state index is -1.27. The smallest absolute Gasteiger partial charge is 0.360 e. The Labute approximate surface area is 123 Å². The highest BCUT2D eigenvalue weighted by Crippen LogP contribution is 2.15. The van der Waals surface area contributed by atoms with Crippen molar-refractivity contribution in [3.8, 4) is 0 Å². The Balaban J connectivity index is 2.08. The predicted octanol–water partition coefficient (Wildman–Crippen LogP) is 1.11. The number of carbonyl (C=O) groups excluding carboxylic acids is 1. The fourth-order valence-electron chi connectivity index (χ4n) is 1.35. The number of rotatable bonds is 7. The first-order valence-electron chi connectivity index (χ1n) is 5.69. The van der Waals surface area contributed by atoms with Gasteiger partial charge in [-0.1, -0.05) is 11.2 Å². The lowest BCUT2D eigenvalue weighted by Gasteiger charge is -2.00. The first kappa shape index (κ1) is 14.6. The molecular weight excluding hydrogens is 296 g/mol. The number of aromatic nitrogens is 2. The molecule has 0 aliphatic carbocycles. The number of nitrogens with one attached hydrogen (secondary N) is 1. The summed E-state index contributed by atoms with van der Waals surface area (Å²) in [5, 5.41) is 16.8. The highest BCUT2D eigenvalue weighted by molar-refractivity contribution is 7.14. The normalized spacial score (nSPS) is 11.0. The highest BCUT2D eigenvalue weighted by Gasteiger charge is 2.17. The number of carboxylic acids is 1. The van der Waals surface area contributed by atoms with Gasteiger partial charge in [0.1, 0.15) is 12.3 Å². The van der Waals surface area contributed by atoms with Gasteiger partial charge in [0, 0.05) is 23.3 Å². The molecule has 0 unspecified atom stereocenters. The Morgan fingerprint density at radius 2 is 2.43 bits per heavy atom. The van der Waals surface area contributed by atoms with Crippen molar-refractivity contribution in [2.45, 2.75) is 6.61 Å². The first-order chi connectivity index (χ1) is 10.2.